The fourth-order valence-corrected chi connectivity index (χ4v) is 2.30. The van der Waals surface area contributed by atoms with Crippen LogP contribution in [0.2, 0.25) is 0 Å². The Morgan fingerprint density at radius 1 is 1.11 bits per heavy atom. The fourth-order valence-electron chi connectivity index (χ4n) is 2.30. The van der Waals surface area contributed by atoms with Gasteiger partial charge in [-0.3, -0.25) is 14.4 Å². The molecule has 1 rings (SSSR count). The van der Waals surface area contributed by atoms with Crippen molar-refractivity contribution in [3.05, 3.63) is 23.8 Å². The first-order valence-electron chi connectivity index (χ1n) is 8.47. The largest absolute Gasteiger partial charge is 0.481 e. The Morgan fingerprint density at radius 3 is 2.07 bits per heavy atom. The standard InChI is InChI=1S/C12H19NO.C6H8O7/c1-3-4-5-8-12(14)11-7-6-9-13(2)10-11;7-3(8)1-6(13,5(11)12)2-4(9)10/h4-5,7H,3,6,8-10H2,1-2H3;13H,1-2H2,(H,7,8)(H,9,10)(H,11,12). The summed E-state index contributed by atoms with van der Waals surface area (Å²) in [6.07, 6.45) is 6.39. The van der Waals surface area contributed by atoms with E-state index < -0.39 is 36.4 Å². The summed E-state index contributed by atoms with van der Waals surface area (Å²) < 4.78 is 0. The lowest BCUT2D eigenvalue weighted by Crippen LogP contribution is -2.42. The zero-order valence-electron chi connectivity index (χ0n) is 15.6. The Hall–Kier alpha value is -2.52. The van der Waals surface area contributed by atoms with E-state index >= 15 is 0 Å². The zero-order valence-corrected chi connectivity index (χ0v) is 15.6. The molecule has 1 aliphatic rings. The Balaban J connectivity index is 0.000000503. The lowest BCUT2D eigenvalue weighted by Gasteiger charge is -2.21. The number of nitrogens with zero attached hydrogens (tertiary/aromatic N) is 1. The highest BCUT2D eigenvalue weighted by atomic mass is 16.4. The van der Waals surface area contributed by atoms with E-state index in [2.05, 4.69) is 24.9 Å². The third kappa shape index (κ3) is 10.3. The minimum Gasteiger partial charge on any atom is -0.481 e. The van der Waals surface area contributed by atoms with Gasteiger partial charge in [-0.05, 0) is 19.9 Å². The molecule has 0 radical (unpaired) electrons. The number of Topliss-reactive ketones (excluding diaryl/α,β-unsaturated/α-hetero) is 1. The molecule has 0 atom stereocenters. The lowest BCUT2D eigenvalue weighted by molar-refractivity contribution is -0.170. The monoisotopic (exact) mass is 385 g/mol. The van der Waals surface area contributed by atoms with Crippen LogP contribution >= 0.6 is 0 Å². The van der Waals surface area contributed by atoms with Gasteiger partial charge in [0.25, 0.3) is 0 Å². The fraction of sp³-hybridized carbons (Fsp3) is 0.556. The van der Waals surface area contributed by atoms with Crippen molar-refractivity contribution in [3.63, 3.8) is 0 Å². The third-order valence-corrected chi connectivity index (χ3v) is 3.69. The molecule has 0 amide bonds. The molecule has 0 aromatic carbocycles. The summed E-state index contributed by atoms with van der Waals surface area (Å²) in [5.41, 5.74) is -1.75. The molecule has 27 heavy (non-hydrogen) atoms. The van der Waals surface area contributed by atoms with E-state index in [-0.39, 0.29) is 5.78 Å². The van der Waals surface area contributed by atoms with Crippen LogP contribution in [-0.4, -0.2) is 74.8 Å². The Labute approximate surface area is 157 Å². The van der Waals surface area contributed by atoms with Crippen LogP contribution < -0.4 is 0 Å². The van der Waals surface area contributed by atoms with Gasteiger partial charge in [0.15, 0.2) is 11.4 Å². The van der Waals surface area contributed by atoms with Crippen molar-refractivity contribution in [2.45, 2.75) is 44.6 Å². The second-order valence-corrected chi connectivity index (χ2v) is 6.24. The lowest BCUT2D eigenvalue weighted by atomic mass is 9.96. The van der Waals surface area contributed by atoms with Crippen molar-refractivity contribution in [2.75, 3.05) is 20.1 Å². The quantitative estimate of drug-likeness (QED) is 0.424. The highest BCUT2D eigenvalue weighted by Gasteiger charge is 2.40. The number of ketones is 1. The molecule has 1 heterocycles. The average molecular weight is 385 g/mol. The van der Waals surface area contributed by atoms with Crippen LogP contribution in [0.5, 0.6) is 0 Å². The summed E-state index contributed by atoms with van der Waals surface area (Å²) in [6, 6.07) is 0. The first-order valence-corrected chi connectivity index (χ1v) is 8.47. The Kier molecular flexibility index (Phi) is 10.9. The number of aliphatic hydroxyl groups is 1. The summed E-state index contributed by atoms with van der Waals surface area (Å²) in [7, 11) is 2.06. The van der Waals surface area contributed by atoms with E-state index in [0.717, 1.165) is 31.5 Å². The molecule has 0 spiro atoms. The molecule has 0 fully saturated rings. The average Bonchev–Trinajstić information content (AvgIpc) is 2.54. The summed E-state index contributed by atoms with van der Waals surface area (Å²) in [4.78, 5) is 44.3. The number of carbonyl (C=O) groups excluding carboxylic acids is 1. The van der Waals surface area contributed by atoms with Crippen LogP contribution in [0.1, 0.15) is 39.0 Å². The molecule has 4 N–H and O–H groups in total. The first kappa shape index (κ1) is 24.5. The summed E-state index contributed by atoms with van der Waals surface area (Å²) in [6.45, 7) is 3.97. The van der Waals surface area contributed by atoms with Gasteiger partial charge in [-0.2, -0.15) is 0 Å². The van der Waals surface area contributed by atoms with Crippen LogP contribution in [0.15, 0.2) is 23.8 Å². The Bertz CT molecular complexity index is 592. The van der Waals surface area contributed by atoms with Crippen molar-refractivity contribution in [1.82, 2.24) is 4.90 Å². The van der Waals surface area contributed by atoms with Crippen molar-refractivity contribution < 1.29 is 39.6 Å². The van der Waals surface area contributed by atoms with Crippen molar-refractivity contribution >= 4 is 23.7 Å². The molecule has 0 saturated heterocycles. The van der Waals surface area contributed by atoms with Gasteiger partial charge >= 0.3 is 17.9 Å². The predicted octanol–water partition coefficient (Wildman–Crippen LogP) is 0.925. The highest BCUT2D eigenvalue weighted by molar-refractivity contribution is 5.96. The molecule has 152 valence electrons. The molecule has 0 unspecified atom stereocenters. The number of allylic oxidation sites excluding steroid dienone is 2. The number of rotatable bonds is 9. The summed E-state index contributed by atoms with van der Waals surface area (Å²) in [5, 5.41) is 33.8. The number of carboxylic acids is 3. The van der Waals surface area contributed by atoms with Crippen molar-refractivity contribution in [3.8, 4) is 0 Å². The van der Waals surface area contributed by atoms with Crippen LogP contribution in [0.25, 0.3) is 0 Å². The topological polar surface area (TPSA) is 152 Å². The number of likely N-dealkylation sites (N-methyl/N-ethyl adjacent to an activating group) is 1. The first-order chi connectivity index (χ1) is 12.5. The van der Waals surface area contributed by atoms with Gasteiger partial charge in [-0.25, -0.2) is 4.79 Å². The number of aliphatic carboxylic acids is 3. The van der Waals surface area contributed by atoms with Gasteiger partial charge in [-0.1, -0.05) is 25.2 Å². The van der Waals surface area contributed by atoms with Crippen molar-refractivity contribution in [1.29, 1.82) is 0 Å². The van der Waals surface area contributed by atoms with Gasteiger partial charge in [-0.15, -0.1) is 0 Å². The van der Waals surface area contributed by atoms with Crippen LogP contribution in [0.4, 0.5) is 0 Å². The molecule has 1 aliphatic heterocycles. The normalized spacial score (nSPS) is 14.9. The molecule has 0 bridgehead atoms. The number of hydrogen-bond acceptors (Lipinski definition) is 6. The molecule has 9 heteroatoms. The maximum Gasteiger partial charge on any atom is 0.336 e. The van der Waals surface area contributed by atoms with E-state index in [1.165, 1.54) is 0 Å². The van der Waals surface area contributed by atoms with Crippen LogP contribution in [0.3, 0.4) is 0 Å². The number of carbonyl (C=O) groups is 4. The van der Waals surface area contributed by atoms with E-state index in [1.54, 1.807) is 0 Å². The smallest absolute Gasteiger partial charge is 0.336 e. The summed E-state index contributed by atoms with van der Waals surface area (Å²) >= 11 is 0. The molecule has 9 nitrogen and oxygen atoms in total. The number of carboxylic acid groups (broad SMARTS) is 3. The SMILES string of the molecule is CCC=CCC(=O)C1=CCCN(C)C1.O=C(O)CC(O)(CC(=O)O)C(=O)O. The van der Waals surface area contributed by atoms with Crippen LogP contribution in [-0.2, 0) is 19.2 Å². The predicted molar refractivity (Wildman–Crippen MR) is 96.3 cm³/mol. The minimum absolute atomic E-state index is 0.279. The van der Waals surface area contributed by atoms with Gasteiger partial charge in [0.1, 0.15) is 0 Å². The molecule has 0 saturated carbocycles. The second-order valence-electron chi connectivity index (χ2n) is 6.24. The Morgan fingerprint density at radius 2 is 1.67 bits per heavy atom. The molecular weight excluding hydrogens is 358 g/mol. The second kappa shape index (κ2) is 12.0. The van der Waals surface area contributed by atoms with Gasteiger partial charge in [0.05, 0.1) is 12.8 Å². The van der Waals surface area contributed by atoms with E-state index in [9.17, 15) is 19.2 Å². The highest BCUT2D eigenvalue weighted by Crippen LogP contribution is 2.15. The maximum absolute atomic E-state index is 11.7. The van der Waals surface area contributed by atoms with Gasteiger partial charge < -0.3 is 25.3 Å². The summed E-state index contributed by atoms with van der Waals surface area (Å²) in [5.74, 6) is -4.74. The van der Waals surface area contributed by atoms with Crippen LogP contribution in [0, 0.1) is 0 Å². The molecule has 0 aliphatic carbocycles. The third-order valence-electron chi connectivity index (χ3n) is 3.69. The van der Waals surface area contributed by atoms with Crippen molar-refractivity contribution in [2.24, 2.45) is 0 Å². The molecule has 0 aromatic heterocycles. The van der Waals surface area contributed by atoms with E-state index in [1.807, 2.05) is 12.2 Å². The van der Waals surface area contributed by atoms with E-state index in [4.69, 9.17) is 20.4 Å². The number of hydrogen-bond donors (Lipinski definition) is 4. The van der Waals surface area contributed by atoms with E-state index in [0.29, 0.717) is 6.42 Å². The zero-order chi connectivity index (χ0) is 21.0. The van der Waals surface area contributed by atoms with Gasteiger partial charge in [0, 0.05) is 25.1 Å². The molecule has 0 aromatic rings. The van der Waals surface area contributed by atoms with Gasteiger partial charge in [0.2, 0.25) is 0 Å². The minimum atomic E-state index is -2.74. The molecular formula is C18H27NO8. The maximum atomic E-state index is 11.7.